The van der Waals surface area contributed by atoms with E-state index in [1.165, 1.54) is 5.56 Å². The van der Waals surface area contributed by atoms with Gasteiger partial charge in [-0.15, -0.1) is 0 Å². The van der Waals surface area contributed by atoms with Crippen LogP contribution in [0.5, 0.6) is 5.75 Å². The van der Waals surface area contributed by atoms with Gasteiger partial charge in [-0.3, -0.25) is 4.98 Å². The second kappa shape index (κ2) is 5.76. The Balaban J connectivity index is 1.88. The maximum atomic E-state index is 5.77. The number of hydrogen-bond donors (Lipinski definition) is 1. The van der Waals surface area contributed by atoms with E-state index in [0.717, 1.165) is 41.5 Å². The Bertz CT molecular complexity index is 826. The van der Waals surface area contributed by atoms with Gasteiger partial charge in [-0.1, -0.05) is 12.1 Å². The maximum absolute atomic E-state index is 5.77. The summed E-state index contributed by atoms with van der Waals surface area (Å²) in [5, 5.41) is 8.32. The number of hydrogen-bond acceptors (Lipinski definition) is 4. The molecule has 1 aliphatic heterocycles. The molecule has 0 aliphatic carbocycles. The van der Waals surface area contributed by atoms with Crippen molar-refractivity contribution in [3.05, 3.63) is 54.4 Å². The second-order valence-electron chi connectivity index (χ2n) is 5.40. The monoisotopic (exact) mass is 306 g/mol. The first-order valence-electron chi connectivity index (χ1n) is 7.87. The van der Waals surface area contributed by atoms with E-state index in [4.69, 9.17) is 9.84 Å². The van der Waals surface area contributed by atoms with Gasteiger partial charge in [-0.05, 0) is 37.6 Å². The molecule has 0 amide bonds. The Kier molecular flexibility index (Phi) is 3.46. The van der Waals surface area contributed by atoms with E-state index >= 15 is 0 Å². The normalized spacial score (nSPS) is 12.7. The molecule has 116 valence electrons. The molecule has 4 rings (SSSR count). The van der Waals surface area contributed by atoms with Crippen molar-refractivity contribution in [3.63, 3.8) is 0 Å². The van der Waals surface area contributed by atoms with Gasteiger partial charge >= 0.3 is 0 Å². The minimum Gasteiger partial charge on any atom is -0.492 e. The van der Waals surface area contributed by atoms with Crippen molar-refractivity contribution in [2.45, 2.75) is 13.3 Å². The van der Waals surface area contributed by atoms with Crippen LogP contribution >= 0.6 is 0 Å². The number of pyridine rings is 1. The maximum Gasteiger partial charge on any atom is 0.145 e. The van der Waals surface area contributed by atoms with Crippen LogP contribution in [-0.2, 0) is 6.42 Å². The summed E-state index contributed by atoms with van der Waals surface area (Å²) in [6.45, 7) is 3.55. The minimum atomic E-state index is 0.630. The molecular weight excluding hydrogens is 288 g/mol. The zero-order valence-corrected chi connectivity index (χ0v) is 13.0. The van der Waals surface area contributed by atoms with Crippen LogP contribution in [0.15, 0.2) is 48.8 Å². The lowest BCUT2D eigenvalue weighted by Crippen LogP contribution is -2.06. The summed E-state index contributed by atoms with van der Waals surface area (Å²) in [4.78, 5) is 4.10. The molecule has 0 fully saturated rings. The summed E-state index contributed by atoms with van der Waals surface area (Å²) in [7, 11) is 0. The highest BCUT2D eigenvalue weighted by Crippen LogP contribution is 2.36. The first kappa shape index (κ1) is 13.8. The zero-order valence-electron chi connectivity index (χ0n) is 13.0. The van der Waals surface area contributed by atoms with Crippen LogP contribution < -0.4 is 10.1 Å². The number of anilines is 1. The lowest BCUT2D eigenvalue weighted by atomic mass is 10.1. The van der Waals surface area contributed by atoms with E-state index in [9.17, 15) is 0 Å². The van der Waals surface area contributed by atoms with Crippen molar-refractivity contribution in [1.29, 1.82) is 0 Å². The van der Waals surface area contributed by atoms with Crippen LogP contribution in [0, 0.1) is 0 Å². The van der Waals surface area contributed by atoms with E-state index < -0.39 is 0 Å². The van der Waals surface area contributed by atoms with Crippen molar-refractivity contribution in [1.82, 2.24) is 14.8 Å². The fourth-order valence-corrected chi connectivity index (χ4v) is 3.00. The van der Waals surface area contributed by atoms with Crippen LogP contribution in [0.25, 0.3) is 16.9 Å². The highest BCUT2D eigenvalue weighted by molar-refractivity contribution is 5.73. The van der Waals surface area contributed by atoms with Gasteiger partial charge < -0.3 is 10.1 Å². The van der Waals surface area contributed by atoms with Gasteiger partial charge in [0.2, 0.25) is 0 Å². The molecule has 1 aliphatic rings. The van der Waals surface area contributed by atoms with E-state index in [1.54, 1.807) is 12.4 Å². The number of para-hydroxylation sites is 2. The van der Waals surface area contributed by atoms with Gasteiger partial charge in [-0.25, -0.2) is 4.68 Å². The first-order valence-corrected chi connectivity index (χ1v) is 7.87. The molecule has 0 radical (unpaired) electrons. The molecule has 0 saturated carbocycles. The van der Waals surface area contributed by atoms with Crippen molar-refractivity contribution in [2.75, 3.05) is 18.5 Å². The summed E-state index contributed by atoms with van der Waals surface area (Å²) in [5.41, 5.74) is 4.31. The summed E-state index contributed by atoms with van der Waals surface area (Å²) in [6, 6.07) is 12.0. The molecule has 1 aromatic carbocycles. The van der Waals surface area contributed by atoms with Crippen molar-refractivity contribution in [3.8, 4) is 22.7 Å². The average molecular weight is 306 g/mol. The van der Waals surface area contributed by atoms with Gasteiger partial charge in [0.25, 0.3) is 0 Å². The standard InChI is InChI=1S/C18H18N4O/c1-2-23-16-6-4-3-5-15(16)22-18-14(9-12-20-18)17(21-22)13-7-10-19-11-8-13/h3-8,10-11,20H,2,9,12H2,1H3. The van der Waals surface area contributed by atoms with Gasteiger partial charge in [0.15, 0.2) is 0 Å². The fraction of sp³-hybridized carbons (Fsp3) is 0.222. The average Bonchev–Trinajstić information content (AvgIpc) is 3.19. The SMILES string of the molecule is CCOc1ccccc1-n1nc(-c2ccncc2)c2c1NCC2. The van der Waals surface area contributed by atoms with E-state index in [1.807, 2.05) is 48.0 Å². The van der Waals surface area contributed by atoms with Crippen LogP contribution in [0.1, 0.15) is 12.5 Å². The molecule has 5 heteroatoms. The molecule has 23 heavy (non-hydrogen) atoms. The summed E-state index contributed by atoms with van der Waals surface area (Å²) >= 11 is 0. The minimum absolute atomic E-state index is 0.630. The number of benzene rings is 1. The highest BCUT2D eigenvalue weighted by atomic mass is 16.5. The van der Waals surface area contributed by atoms with E-state index in [-0.39, 0.29) is 0 Å². The van der Waals surface area contributed by atoms with E-state index in [0.29, 0.717) is 6.61 Å². The van der Waals surface area contributed by atoms with Crippen molar-refractivity contribution in [2.24, 2.45) is 0 Å². The van der Waals surface area contributed by atoms with Crippen molar-refractivity contribution >= 4 is 5.82 Å². The van der Waals surface area contributed by atoms with Gasteiger partial charge in [0, 0.05) is 30.1 Å². The quantitative estimate of drug-likeness (QED) is 0.803. The largest absolute Gasteiger partial charge is 0.492 e. The topological polar surface area (TPSA) is 52.0 Å². The Labute approximate surface area is 134 Å². The van der Waals surface area contributed by atoms with Crippen LogP contribution in [0.3, 0.4) is 0 Å². The Hall–Kier alpha value is -2.82. The molecular formula is C18H18N4O. The molecule has 0 spiro atoms. The predicted octanol–water partition coefficient (Wildman–Crippen LogP) is 3.30. The van der Waals surface area contributed by atoms with Crippen LogP contribution in [0.2, 0.25) is 0 Å². The van der Waals surface area contributed by atoms with Crippen LogP contribution in [0.4, 0.5) is 5.82 Å². The Morgan fingerprint density at radius 2 is 2.00 bits per heavy atom. The fourth-order valence-electron chi connectivity index (χ4n) is 3.00. The molecule has 2 aromatic heterocycles. The number of rotatable bonds is 4. The lowest BCUT2D eigenvalue weighted by Gasteiger charge is -2.12. The second-order valence-corrected chi connectivity index (χ2v) is 5.40. The number of ether oxygens (including phenoxy) is 1. The molecule has 5 nitrogen and oxygen atoms in total. The smallest absolute Gasteiger partial charge is 0.145 e. The Morgan fingerprint density at radius 1 is 1.17 bits per heavy atom. The number of fused-ring (bicyclic) bond motifs is 1. The summed E-state index contributed by atoms with van der Waals surface area (Å²) in [5.74, 6) is 1.90. The molecule has 3 heterocycles. The molecule has 1 N–H and O–H groups in total. The zero-order chi connectivity index (χ0) is 15.6. The Morgan fingerprint density at radius 3 is 2.83 bits per heavy atom. The third-order valence-electron chi connectivity index (χ3n) is 4.00. The summed E-state index contributed by atoms with van der Waals surface area (Å²) < 4.78 is 7.73. The van der Waals surface area contributed by atoms with Gasteiger partial charge in [0.1, 0.15) is 17.3 Å². The molecule has 3 aromatic rings. The molecule has 0 atom stereocenters. The van der Waals surface area contributed by atoms with Crippen LogP contribution in [-0.4, -0.2) is 27.9 Å². The molecule has 0 bridgehead atoms. The molecule has 0 unspecified atom stereocenters. The highest BCUT2D eigenvalue weighted by Gasteiger charge is 2.24. The summed E-state index contributed by atoms with van der Waals surface area (Å²) in [6.07, 6.45) is 4.58. The first-order chi connectivity index (χ1) is 11.4. The van der Waals surface area contributed by atoms with E-state index in [2.05, 4.69) is 10.3 Å². The number of nitrogens with zero attached hydrogens (tertiary/aromatic N) is 3. The third kappa shape index (κ3) is 2.34. The predicted molar refractivity (Wildman–Crippen MR) is 90.2 cm³/mol. The van der Waals surface area contributed by atoms with Gasteiger partial charge in [0.05, 0.1) is 12.3 Å². The van der Waals surface area contributed by atoms with Gasteiger partial charge in [-0.2, -0.15) is 5.10 Å². The lowest BCUT2D eigenvalue weighted by molar-refractivity contribution is 0.338. The van der Waals surface area contributed by atoms with Crippen molar-refractivity contribution < 1.29 is 4.74 Å². The number of nitrogens with one attached hydrogen (secondary N) is 1. The number of aromatic nitrogens is 3. The third-order valence-corrected chi connectivity index (χ3v) is 4.00. The molecule has 0 saturated heterocycles.